The van der Waals surface area contributed by atoms with Crippen LogP contribution in [0.1, 0.15) is 16.2 Å². The molecule has 0 radical (unpaired) electrons. The van der Waals surface area contributed by atoms with E-state index in [0.717, 1.165) is 24.3 Å². The van der Waals surface area contributed by atoms with Crippen molar-refractivity contribution in [1.82, 2.24) is 10.1 Å². The molecule has 1 heterocycles. The van der Waals surface area contributed by atoms with E-state index < -0.39 is 23.6 Å². The number of halogens is 3. The number of carboxylic acid groups (broad SMARTS) is 1. The summed E-state index contributed by atoms with van der Waals surface area (Å²) in [6, 6.07) is 3.91. The van der Waals surface area contributed by atoms with Crippen LogP contribution in [-0.4, -0.2) is 16.1 Å². The summed E-state index contributed by atoms with van der Waals surface area (Å²) in [4.78, 5) is 13.8. The van der Waals surface area contributed by atoms with Crippen LogP contribution in [0.15, 0.2) is 28.8 Å². The Kier molecular flexibility index (Phi) is 4.39. The molecule has 2 aromatic rings. The van der Waals surface area contributed by atoms with Crippen molar-refractivity contribution in [2.24, 2.45) is 0 Å². The van der Waals surface area contributed by atoms with E-state index in [1.807, 2.05) is 0 Å². The van der Waals surface area contributed by atoms with E-state index in [1.165, 1.54) is 0 Å². The molecule has 9 heteroatoms. The first-order valence-electron chi connectivity index (χ1n) is 4.60. The molecule has 0 fully saturated rings. The van der Waals surface area contributed by atoms with Crippen molar-refractivity contribution in [3.63, 3.8) is 0 Å². The molecule has 0 aliphatic heterocycles. The average molecular weight is 264 g/mol. The quantitative estimate of drug-likeness (QED) is 0.593. The summed E-state index contributed by atoms with van der Waals surface area (Å²) in [5.41, 5.74) is -0.617. The molecule has 5 nitrogen and oxygen atoms in total. The van der Waals surface area contributed by atoms with Gasteiger partial charge < -0.3 is 14.4 Å². The summed E-state index contributed by atoms with van der Waals surface area (Å²) in [5, 5.41) is 13.7. The third-order valence-electron chi connectivity index (χ3n) is 2.07. The molecule has 0 amide bonds. The molecule has 19 heavy (non-hydrogen) atoms. The van der Waals surface area contributed by atoms with Crippen LogP contribution >= 0.6 is 0 Å². The van der Waals surface area contributed by atoms with Gasteiger partial charge in [-0.2, -0.15) is 18.2 Å². The van der Waals surface area contributed by atoms with Crippen molar-refractivity contribution in [3.05, 3.63) is 35.7 Å². The minimum atomic E-state index is -4.44. The summed E-state index contributed by atoms with van der Waals surface area (Å²) in [5.74, 6) is -2.51. The van der Waals surface area contributed by atoms with E-state index in [0.29, 0.717) is 0 Å². The van der Waals surface area contributed by atoms with Crippen molar-refractivity contribution in [2.75, 3.05) is 0 Å². The number of hydrogen-bond acceptors (Lipinski definition) is 5. The van der Waals surface area contributed by atoms with Crippen molar-refractivity contribution >= 4 is 5.97 Å². The fourth-order valence-electron chi connectivity index (χ4n) is 1.23. The van der Waals surface area contributed by atoms with Gasteiger partial charge in [0.25, 0.3) is 5.89 Å². The second-order valence-corrected chi connectivity index (χ2v) is 3.29. The number of carboxylic acids is 1. The van der Waals surface area contributed by atoms with E-state index in [4.69, 9.17) is 0 Å². The van der Waals surface area contributed by atoms with Crippen LogP contribution in [0.2, 0.25) is 0 Å². The zero-order valence-electron chi connectivity index (χ0n) is 9.56. The Morgan fingerprint density at radius 1 is 1.21 bits per heavy atom. The van der Waals surface area contributed by atoms with E-state index >= 15 is 0 Å². The number of carbonyl (C=O) groups excluding carboxylic acids is 1. The largest absolute Gasteiger partial charge is 1.00 e. The van der Waals surface area contributed by atoms with Gasteiger partial charge >= 0.3 is 25.0 Å². The van der Waals surface area contributed by atoms with Crippen LogP contribution in [0.25, 0.3) is 11.4 Å². The summed E-state index contributed by atoms with van der Waals surface area (Å²) in [6.07, 6.45) is -4.44. The predicted molar refractivity (Wildman–Crippen MR) is 49.1 cm³/mol. The van der Waals surface area contributed by atoms with Crippen LogP contribution in [0.5, 0.6) is 0 Å². The molecule has 2 rings (SSSR count). The maximum Gasteiger partial charge on any atom is 1.00 e. The Morgan fingerprint density at radius 3 is 2.21 bits per heavy atom. The minimum Gasteiger partial charge on any atom is -0.540 e. The smallest absolute Gasteiger partial charge is 0.540 e. The average Bonchev–Trinajstić information content (AvgIpc) is 2.77. The van der Waals surface area contributed by atoms with Gasteiger partial charge in [0.15, 0.2) is 0 Å². The van der Waals surface area contributed by atoms with Crippen LogP contribution in [0.4, 0.5) is 13.2 Å². The molecule has 0 atom stereocenters. The molecule has 0 aliphatic carbocycles. The Bertz CT molecular complexity index is 580. The fraction of sp³-hybridized carbons (Fsp3) is 0.100. The third-order valence-corrected chi connectivity index (χ3v) is 2.07. The summed E-state index contributed by atoms with van der Waals surface area (Å²) < 4.78 is 41.2. The van der Waals surface area contributed by atoms with E-state index in [1.54, 1.807) is 0 Å². The molecule has 0 unspecified atom stereocenters. The van der Waals surface area contributed by atoms with E-state index in [9.17, 15) is 23.1 Å². The maximum atomic E-state index is 12.3. The minimum absolute atomic E-state index is 0. The molecule has 1 aromatic carbocycles. The summed E-state index contributed by atoms with van der Waals surface area (Å²) in [7, 11) is 0. The predicted octanol–water partition coefficient (Wildman–Crippen LogP) is -1.88. The molecule has 1 aromatic heterocycles. The van der Waals surface area contributed by atoms with E-state index in [-0.39, 0.29) is 30.2 Å². The molecular weight excluding hydrogens is 260 g/mol. The number of benzene rings is 1. The molecular formula is C10H4F3LiN2O3. The van der Waals surface area contributed by atoms with Crippen LogP contribution in [0.3, 0.4) is 0 Å². The third kappa shape index (κ3) is 3.36. The van der Waals surface area contributed by atoms with Gasteiger partial charge in [0.1, 0.15) is 5.97 Å². The Balaban J connectivity index is 0.00000180. The number of alkyl halides is 3. The first kappa shape index (κ1) is 15.3. The van der Waals surface area contributed by atoms with Gasteiger partial charge in [-0.25, -0.2) is 0 Å². The first-order valence-corrected chi connectivity index (χ1v) is 4.60. The maximum absolute atomic E-state index is 12.3. The van der Waals surface area contributed by atoms with Crippen LogP contribution in [-0.2, 0) is 6.18 Å². The van der Waals surface area contributed by atoms with Gasteiger partial charge in [0, 0.05) is 5.56 Å². The summed E-state index contributed by atoms with van der Waals surface area (Å²) >= 11 is 0. The van der Waals surface area contributed by atoms with Gasteiger partial charge in [-0.1, -0.05) is 17.3 Å². The van der Waals surface area contributed by atoms with Gasteiger partial charge in [0.05, 0.1) is 5.56 Å². The van der Waals surface area contributed by atoms with Gasteiger partial charge in [-0.05, 0) is 12.1 Å². The topological polar surface area (TPSA) is 79.0 Å². The van der Waals surface area contributed by atoms with Crippen LogP contribution < -0.4 is 24.0 Å². The Morgan fingerprint density at radius 2 is 1.79 bits per heavy atom. The molecule has 0 saturated heterocycles. The fourth-order valence-corrected chi connectivity index (χ4v) is 1.23. The van der Waals surface area contributed by atoms with Crippen molar-refractivity contribution in [1.29, 1.82) is 0 Å². The zero-order valence-corrected chi connectivity index (χ0v) is 9.56. The second kappa shape index (κ2) is 5.46. The number of carbonyl (C=O) groups is 1. The van der Waals surface area contributed by atoms with Gasteiger partial charge in [0.2, 0.25) is 5.82 Å². The SMILES string of the molecule is O=C([O-])c1nc(-c2ccc(C(F)(F)F)cc2)no1.[Li+]. The Labute approximate surface area is 116 Å². The second-order valence-electron chi connectivity index (χ2n) is 3.29. The molecule has 94 valence electrons. The van der Waals surface area contributed by atoms with Crippen molar-refractivity contribution in [2.45, 2.75) is 6.18 Å². The first-order chi connectivity index (χ1) is 8.38. The number of rotatable bonds is 2. The molecule has 0 N–H and O–H groups in total. The molecule has 0 bridgehead atoms. The van der Waals surface area contributed by atoms with Crippen molar-refractivity contribution in [3.8, 4) is 11.4 Å². The number of aromatic carboxylic acids is 1. The number of nitrogens with zero attached hydrogens (tertiary/aromatic N) is 2. The zero-order chi connectivity index (χ0) is 13.3. The van der Waals surface area contributed by atoms with Gasteiger partial charge in [-0.3, -0.25) is 0 Å². The molecule has 0 aliphatic rings. The monoisotopic (exact) mass is 264 g/mol. The van der Waals surface area contributed by atoms with Crippen molar-refractivity contribution < 1.29 is 46.5 Å². The summed E-state index contributed by atoms with van der Waals surface area (Å²) in [6.45, 7) is 0. The normalized spacial score (nSPS) is 10.9. The standard InChI is InChI=1S/C10H5F3N2O3.Li/c11-10(12,13)6-3-1-5(2-4-6)7-14-8(9(16)17)18-15-7;/h1-4H,(H,16,17);/q;+1/p-1. The number of aromatic nitrogens is 2. The van der Waals surface area contributed by atoms with E-state index in [2.05, 4.69) is 14.7 Å². The molecule has 0 spiro atoms. The molecule has 0 saturated carbocycles. The van der Waals surface area contributed by atoms with Gasteiger partial charge in [-0.15, -0.1) is 0 Å². The number of hydrogen-bond donors (Lipinski definition) is 0. The Hall–Kier alpha value is -1.78. The van der Waals surface area contributed by atoms with Crippen LogP contribution in [0, 0.1) is 0 Å².